The van der Waals surface area contributed by atoms with Crippen molar-refractivity contribution >= 4 is 23.5 Å². The molecule has 1 unspecified atom stereocenters. The number of rotatable bonds is 5. The summed E-state index contributed by atoms with van der Waals surface area (Å²) < 4.78 is 0. The summed E-state index contributed by atoms with van der Waals surface area (Å²) in [4.78, 5) is 21.2. The molecule has 0 rings (SSSR count). The molecule has 0 saturated carbocycles. The smallest absolute Gasteiger partial charge is 0.202 e. The Hall–Kier alpha value is -0.350. The van der Waals surface area contributed by atoms with Crippen molar-refractivity contribution in [3.05, 3.63) is 0 Å². The Bertz CT molecular complexity index is 159. The fourth-order valence-corrected chi connectivity index (χ4v) is 0.997. The van der Waals surface area contributed by atoms with Gasteiger partial charge in [0.1, 0.15) is 5.78 Å². The first-order valence-corrected chi connectivity index (χ1v) is 3.92. The first-order chi connectivity index (χ1) is 5.07. The van der Waals surface area contributed by atoms with Crippen molar-refractivity contribution < 1.29 is 9.59 Å². The molecule has 0 fully saturated rings. The second-order valence-corrected chi connectivity index (χ2v) is 2.86. The van der Waals surface area contributed by atoms with Crippen LogP contribution in [0.15, 0.2) is 0 Å². The number of Topliss-reactive ketones (excluding diaryl/α,β-unsaturated/α-hetero) is 1. The number of carbonyl (C=O) groups is 2. The Kier molecular flexibility index (Phi) is 5.15. The van der Waals surface area contributed by atoms with Gasteiger partial charge in [0.15, 0.2) is 0 Å². The van der Waals surface area contributed by atoms with Crippen LogP contribution in [0.2, 0.25) is 0 Å². The number of carbonyl (C=O) groups excluding carboxylic acids is 2. The number of hydrogen-bond donors (Lipinski definition) is 2. The Labute approximate surface area is 72.0 Å². The largest absolute Gasteiger partial charge is 0.310 e. The lowest BCUT2D eigenvalue weighted by Crippen LogP contribution is -2.31. The molecule has 0 bridgehead atoms. The van der Waals surface area contributed by atoms with E-state index < -0.39 is 0 Å². The van der Waals surface area contributed by atoms with Gasteiger partial charge in [-0.1, -0.05) is 0 Å². The van der Waals surface area contributed by atoms with E-state index in [1.54, 1.807) is 7.05 Å². The molecule has 1 N–H and O–H groups in total. The van der Waals surface area contributed by atoms with Crippen LogP contribution in [0.4, 0.5) is 0 Å². The first kappa shape index (κ1) is 10.7. The highest BCUT2D eigenvalue weighted by molar-refractivity contribution is 7.96. The van der Waals surface area contributed by atoms with Crippen molar-refractivity contribution in [3.8, 4) is 0 Å². The molecule has 64 valence electrons. The first-order valence-electron chi connectivity index (χ1n) is 3.47. The Morgan fingerprint density at radius 3 is 2.36 bits per heavy atom. The van der Waals surface area contributed by atoms with Crippen LogP contribution < -0.4 is 5.32 Å². The molecule has 0 radical (unpaired) electrons. The molecule has 0 amide bonds. The summed E-state index contributed by atoms with van der Waals surface area (Å²) in [6.07, 6.45) is 0.964. The quantitative estimate of drug-likeness (QED) is 0.595. The second-order valence-electron chi connectivity index (χ2n) is 2.42. The van der Waals surface area contributed by atoms with E-state index in [2.05, 4.69) is 17.9 Å². The highest BCUT2D eigenvalue weighted by Crippen LogP contribution is 2.00. The zero-order valence-corrected chi connectivity index (χ0v) is 7.65. The van der Waals surface area contributed by atoms with E-state index in [-0.39, 0.29) is 16.9 Å². The third-order valence-electron chi connectivity index (χ3n) is 1.43. The molecule has 0 aliphatic heterocycles. The summed E-state index contributed by atoms with van der Waals surface area (Å²) in [5.41, 5.74) is 0. The average Bonchev–Trinajstić information content (AvgIpc) is 1.87. The lowest BCUT2D eigenvalue weighted by atomic mass is 10.1. The number of ketones is 1. The molecule has 0 aromatic rings. The van der Waals surface area contributed by atoms with Gasteiger partial charge in [-0.3, -0.25) is 4.79 Å². The zero-order valence-electron chi connectivity index (χ0n) is 6.76. The highest BCUT2D eigenvalue weighted by Gasteiger charge is 2.12. The van der Waals surface area contributed by atoms with E-state index in [4.69, 9.17) is 0 Å². The average molecular weight is 175 g/mol. The van der Waals surface area contributed by atoms with Gasteiger partial charge in [0.25, 0.3) is 0 Å². The summed E-state index contributed by atoms with van der Waals surface area (Å²) in [6, 6.07) is -0.290. The van der Waals surface area contributed by atoms with Crippen molar-refractivity contribution in [2.75, 3.05) is 7.05 Å². The molecule has 0 aromatic heterocycles. The van der Waals surface area contributed by atoms with Crippen molar-refractivity contribution in [3.63, 3.8) is 0 Å². The van der Waals surface area contributed by atoms with Crippen molar-refractivity contribution in [1.29, 1.82) is 0 Å². The molecular weight excluding hydrogens is 162 g/mol. The molecule has 0 spiro atoms. The predicted octanol–water partition coefficient (Wildman–Crippen LogP) is 0.400. The zero-order chi connectivity index (χ0) is 8.85. The lowest BCUT2D eigenvalue weighted by Gasteiger charge is -2.09. The van der Waals surface area contributed by atoms with E-state index >= 15 is 0 Å². The van der Waals surface area contributed by atoms with Gasteiger partial charge in [0.05, 0.1) is 6.04 Å². The van der Waals surface area contributed by atoms with E-state index in [0.29, 0.717) is 12.8 Å². The maximum Gasteiger partial charge on any atom is 0.202 e. The van der Waals surface area contributed by atoms with Crippen LogP contribution in [0.1, 0.15) is 19.8 Å². The minimum absolute atomic E-state index is 0.0971. The SMILES string of the molecule is CNC(CCC(C)=O)C(=O)S. The van der Waals surface area contributed by atoms with Crippen molar-refractivity contribution in [2.24, 2.45) is 0 Å². The Morgan fingerprint density at radius 1 is 1.55 bits per heavy atom. The highest BCUT2D eigenvalue weighted by atomic mass is 32.1. The topological polar surface area (TPSA) is 46.2 Å². The lowest BCUT2D eigenvalue weighted by molar-refractivity contribution is -0.117. The molecule has 0 saturated heterocycles. The summed E-state index contributed by atoms with van der Waals surface area (Å²) >= 11 is 3.66. The van der Waals surface area contributed by atoms with Gasteiger partial charge in [0.2, 0.25) is 5.12 Å². The van der Waals surface area contributed by atoms with Gasteiger partial charge < -0.3 is 10.1 Å². The van der Waals surface area contributed by atoms with Gasteiger partial charge in [-0.05, 0) is 20.4 Å². The van der Waals surface area contributed by atoms with E-state index in [9.17, 15) is 9.59 Å². The van der Waals surface area contributed by atoms with Gasteiger partial charge in [0, 0.05) is 6.42 Å². The number of hydrogen-bond acceptors (Lipinski definition) is 3. The fraction of sp³-hybridized carbons (Fsp3) is 0.714. The van der Waals surface area contributed by atoms with E-state index in [0.717, 1.165) is 0 Å². The Morgan fingerprint density at radius 2 is 2.09 bits per heavy atom. The van der Waals surface area contributed by atoms with Gasteiger partial charge in [-0.25, -0.2) is 0 Å². The van der Waals surface area contributed by atoms with Crippen LogP contribution in [0.5, 0.6) is 0 Å². The molecule has 4 heteroatoms. The number of likely N-dealkylation sites (N-methyl/N-ethyl adjacent to an activating group) is 1. The molecule has 11 heavy (non-hydrogen) atoms. The molecule has 0 aliphatic rings. The Balaban J connectivity index is 3.70. The summed E-state index contributed by atoms with van der Waals surface area (Å²) in [6.45, 7) is 1.51. The normalized spacial score (nSPS) is 12.6. The van der Waals surface area contributed by atoms with Crippen LogP contribution in [-0.4, -0.2) is 24.0 Å². The van der Waals surface area contributed by atoms with Crippen LogP contribution in [0.3, 0.4) is 0 Å². The van der Waals surface area contributed by atoms with Crippen LogP contribution >= 0.6 is 12.6 Å². The molecular formula is C7H13NO2S. The monoisotopic (exact) mass is 175 g/mol. The standard InChI is InChI=1S/C7H13NO2S/c1-5(9)3-4-6(8-2)7(10)11/h6,8H,3-4H2,1-2H3,(H,10,11). The van der Waals surface area contributed by atoms with E-state index in [1.807, 2.05) is 0 Å². The van der Waals surface area contributed by atoms with Crippen LogP contribution in [0.25, 0.3) is 0 Å². The summed E-state index contributed by atoms with van der Waals surface area (Å²) in [5, 5.41) is 2.56. The predicted molar refractivity (Wildman–Crippen MR) is 46.8 cm³/mol. The molecule has 1 atom stereocenters. The second kappa shape index (κ2) is 5.32. The van der Waals surface area contributed by atoms with Gasteiger partial charge >= 0.3 is 0 Å². The number of nitrogens with one attached hydrogen (secondary N) is 1. The molecule has 0 aliphatic carbocycles. The fourth-order valence-electron chi connectivity index (χ4n) is 0.739. The maximum absolute atomic E-state index is 10.7. The maximum atomic E-state index is 10.7. The minimum atomic E-state index is -0.290. The van der Waals surface area contributed by atoms with Gasteiger partial charge in [-0.15, -0.1) is 12.6 Å². The molecule has 3 nitrogen and oxygen atoms in total. The van der Waals surface area contributed by atoms with Crippen molar-refractivity contribution in [2.45, 2.75) is 25.8 Å². The number of thiol groups is 1. The van der Waals surface area contributed by atoms with Crippen LogP contribution in [0, 0.1) is 0 Å². The van der Waals surface area contributed by atoms with Crippen LogP contribution in [-0.2, 0) is 9.59 Å². The van der Waals surface area contributed by atoms with Crippen molar-refractivity contribution in [1.82, 2.24) is 5.32 Å². The molecule has 0 aromatic carbocycles. The summed E-state index contributed by atoms with van der Waals surface area (Å²) in [5.74, 6) is 0.0971. The third kappa shape index (κ3) is 4.98. The molecule has 0 heterocycles. The third-order valence-corrected chi connectivity index (χ3v) is 1.74. The summed E-state index contributed by atoms with van der Waals surface area (Å²) in [7, 11) is 1.68. The minimum Gasteiger partial charge on any atom is -0.310 e. The van der Waals surface area contributed by atoms with E-state index in [1.165, 1.54) is 6.92 Å². The van der Waals surface area contributed by atoms with Gasteiger partial charge in [-0.2, -0.15) is 0 Å².